The number of halogens is 1. The lowest BCUT2D eigenvalue weighted by molar-refractivity contribution is 0.178. The summed E-state index contributed by atoms with van der Waals surface area (Å²) < 4.78 is 6.19. The standard InChI is InChI=1S/C15H16BrNO2/c1-10-3-4-12(7-15(10)19-2)14(18)6-11-5-13(16)9-17-8-11/h3-5,7-9,14,18H,6H2,1-2H3. The molecule has 3 nitrogen and oxygen atoms in total. The molecule has 0 saturated heterocycles. The van der Waals surface area contributed by atoms with Crippen LogP contribution in [0.25, 0.3) is 0 Å². The van der Waals surface area contributed by atoms with Crippen LogP contribution < -0.4 is 4.74 Å². The molecule has 0 aliphatic carbocycles. The third-order valence-corrected chi connectivity index (χ3v) is 3.44. The number of hydrogen-bond acceptors (Lipinski definition) is 3. The summed E-state index contributed by atoms with van der Waals surface area (Å²) >= 11 is 3.38. The van der Waals surface area contributed by atoms with Gasteiger partial charge in [-0.15, -0.1) is 0 Å². The molecule has 0 saturated carbocycles. The molecule has 4 heteroatoms. The third kappa shape index (κ3) is 3.55. The molecule has 1 aromatic carbocycles. The molecule has 2 rings (SSSR count). The van der Waals surface area contributed by atoms with Crippen LogP contribution in [0.1, 0.15) is 22.8 Å². The summed E-state index contributed by atoms with van der Waals surface area (Å²) in [5.74, 6) is 0.795. The van der Waals surface area contributed by atoms with Gasteiger partial charge in [0.05, 0.1) is 13.2 Å². The molecule has 0 aliphatic heterocycles. The smallest absolute Gasteiger partial charge is 0.122 e. The zero-order chi connectivity index (χ0) is 13.8. The minimum atomic E-state index is -0.564. The first-order valence-corrected chi connectivity index (χ1v) is 6.81. The maximum atomic E-state index is 10.3. The van der Waals surface area contributed by atoms with Crippen molar-refractivity contribution in [2.45, 2.75) is 19.4 Å². The molecule has 0 aliphatic rings. The van der Waals surface area contributed by atoms with Crippen LogP contribution in [0.15, 0.2) is 41.1 Å². The van der Waals surface area contributed by atoms with Crippen molar-refractivity contribution in [1.82, 2.24) is 4.98 Å². The van der Waals surface area contributed by atoms with Crippen molar-refractivity contribution in [1.29, 1.82) is 0 Å². The molecule has 0 spiro atoms. The first kappa shape index (κ1) is 14.0. The Kier molecular flexibility index (Phi) is 4.56. The molecule has 1 heterocycles. The van der Waals surface area contributed by atoms with E-state index in [-0.39, 0.29) is 0 Å². The minimum absolute atomic E-state index is 0.526. The zero-order valence-corrected chi connectivity index (χ0v) is 12.5. The van der Waals surface area contributed by atoms with Gasteiger partial charge in [0, 0.05) is 23.3 Å². The fourth-order valence-corrected chi connectivity index (χ4v) is 2.36. The van der Waals surface area contributed by atoms with E-state index >= 15 is 0 Å². The lowest BCUT2D eigenvalue weighted by Crippen LogP contribution is -2.03. The molecule has 100 valence electrons. The molecular weight excluding hydrogens is 306 g/mol. The van der Waals surface area contributed by atoms with Crippen LogP contribution in [-0.4, -0.2) is 17.2 Å². The largest absolute Gasteiger partial charge is 0.496 e. The zero-order valence-electron chi connectivity index (χ0n) is 10.9. The highest BCUT2D eigenvalue weighted by Gasteiger charge is 2.11. The quantitative estimate of drug-likeness (QED) is 0.938. The van der Waals surface area contributed by atoms with Gasteiger partial charge in [0.15, 0.2) is 0 Å². The predicted molar refractivity (Wildman–Crippen MR) is 78.3 cm³/mol. The third-order valence-electron chi connectivity index (χ3n) is 3.01. The van der Waals surface area contributed by atoms with Gasteiger partial charge in [0.2, 0.25) is 0 Å². The summed E-state index contributed by atoms with van der Waals surface area (Å²) in [5.41, 5.74) is 2.89. The van der Waals surface area contributed by atoms with Gasteiger partial charge in [-0.1, -0.05) is 12.1 Å². The van der Waals surface area contributed by atoms with Gasteiger partial charge in [-0.2, -0.15) is 0 Å². The summed E-state index contributed by atoms with van der Waals surface area (Å²) in [6.07, 6.45) is 3.45. The van der Waals surface area contributed by atoms with Crippen molar-refractivity contribution >= 4 is 15.9 Å². The van der Waals surface area contributed by atoms with Crippen LogP contribution in [0, 0.1) is 6.92 Å². The molecular formula is C15H16BrNO2. The second-order valence-electron chi connectivity index (χ2n) is 4.46. The van der Waals surface area contributed by atoms with E-state index in [1.54, 1.807) is 19.5 Å². The number of aliphatic hydroxyl groups is 1. The number of rotatable bonds is 4. The molecule has 1 N–H and O–H groups in total. The summed E-state index contributed by atoms with van der Waals surface area (Å²) in [7, 11) is 1.64. The van der Waals surface area contributed by atoms with Gasteiger partial charge in [0.25, 0.3) is 0 Å². The Morgan fingerprint density at radius 2 is 2.11 bits per heavy atom. The average molecular weight is 322 g/mol. The number of nitrogens with zero attached hydrogens (tertiary/aromatic N) is 1. The van der Waals surface area contributed by atoms with E-state index in [2.05, 4.69) is 20.9 Å². The number of methoxy groups -OCH3 is 1. The number of aliphatic hydroxyl groups excluding tert-OH is 1. The van der Waals surface area contributed by atoms with Gasteiger partial charge in [-0.3, -0.25) is 4.98 Å². The van der Waals surface area contributed by atoms with Crippen molar-refractivity contribution in [3.05, 3.63) is 57.8 Å². The fourth-order valence-electron chi connectivity index (χ4n) is 1.95. The van der Waals surface area contributed by atoms with Crippen molar-refractivity contribution in [2.75, 3.05) is 7.11 Å². The molecule has 0 amide bonds. The lowest BCUT2D eigenvalue weighted by Gasteiger charge is -2.13. The van der Waals surface area contributed by atoms with Crippen LogP contribution in [-0.2, 0) is 6.42 Å². The highest BCUT2D eigenvalue weighted by molar-refractivity contribution is 9.10. The lowest BCUT2D eigenvalue weighted by atomic mass is 10.0. The molecule has 19 heavy (non-hydrogen) atoms. The van der Waals surface area contributed by atoms with Crippen molar-refractivity contribution in [2.24, 2.45) is 0 Å². The van der Waals surface area contributed by atoms with Gasteiger partial charge in [-0.25, -0.2) is 0 Å². The summed E-state index contributed by atoms with van der Waals surface area (Å²) in [6, 6.07) is 7.72. The molecule has 1 unspecified atom stereocenters. The normalized spacial score (nSPS) is 12.2. The Morgan fingerprint density at radius 3 is 2.79 bits per heavy atom. The number of ether oxygens (including phenoxy) is 1. The Hall–Kier alpha value is -1.39. The maximum absolute atomic E-state index is 10.3. The molecule has 1 atom stereocenters. The first-order valence-electron chi connectivity index (χ1n) is 6.02. The van der Waals surface area contributed by atoms with Crippen molar-refractivity contribution in [3.63, 3.8) is 0 Å². The number of hydrogen-bond donors (Lipinski definition) is 1. The highest BCUT2D eigenvalue weighted by Crippen LogP contribution is 2.25. The van der Waals surface area contributed by atoms with Crippen LogP contribution in [0.4, 0.5) is 0 Å². The van der Waals surface area contributed by atoms with E-state index in [0.29, 0.717) is 6.42 Å². The van der Waals surface area contributed by atoms with E-state index < -0.39 is 6.10 Å². The van der Waals surface area contributed by atoms with E-state index in [9.17, 15) is 5.11 Å². The average Bonchev–Trinajstić information content (AvgIpc) is 2.39. The Morgan fingerprint density at radius 1 is 1.32 bits per heavy atom. The van der Waals surface area contributed by atoms with Gasteiger partial charge < -0.3 is 9.84 Å². The van der Waals surface area contributed by atoms with E-state index in [0.717, 1.165) is 26.9 Å². The molecule has 1 aromatic heterocycles. The monoisotopic (exact) mass is 321 g/mol. The van der Waals surface area contributed by atoms with E-state index in [1.165, 1.54) is 0 Å². The topological polar surface area (TPSA) is 42.4 Å². The van der Waals surface area contributed by atoms with Crippen molar-refractivity contribution < 1.29 is 9.84 Å². The van der Waals surface area contributed by atoms with E-state index in [4.69, 9.17) is 4.74 Å². The number of benzene rings is 1. The summed E-state index contributed by atoms with van der Waals surface area (Å²) in [4.78, 5) is 4.10. The van der Waals surface area contributed by atoms with Gasteiger partial charge in [-0.05, 0) is 51.7 Å². The minimum Gasteiger partial charge on any atom is -0.496 e. The Labute approximate surface area is 121 Å². The maximum Gasteiger partial charge on any atom is 0.122 e. The molecule has 0 fully saturated rings. The predicted octanol–water partition coefficient (Wildman–Crippen LogP) is 3.44. The van der Waals surface area contributed by atoms with Gasteiger partial charge >= 0.3 is 0 Å². The van der Waals surface area contributed by atoms with Gasteiger partial charge in [0.1, 0.15) is 5.75 Å². The first-order chi connectivity index (χ1) is 9.10. The van der Waals surface area contributed by atoms with E-state index in [1.807, 2.05) is 31.2 Å². The molecule has 0 bridgehead atoms. The second-order valence-corrected chi connectivity index (χ2v) is 5.38. The second kappa shape index (κ2) is 6.17. The Bertz CT molecular complexity index is 572. The number of aromatic nitrogens is 1. The number of pyridine rings is 1. The number of aryl methyl sites for hydroxylation is 1. The molecule has 2 aromatic rings. The van der Waals surface area contributed by atoms with Crippen LogP contribution in [0.2, 0.25) is 0 Å². The SMILES string of the molecule is COc1cc(C(O)Cc2cncc(Br)c2)ccc1C. The highest BCUT2D eigenvalue weighted by atomic mass is 79.9. The van der Waals surface area contributed by atoms with Crippen LogP contribution in [0.5, 0.6) is 5.75 Å². The molecule has 0 radical (unpaired) electrons. The fraction of sp³-hybridized carbons (Fsp3) is 0.267. The Balaban J connectivity index is 2.18. The summed E-state index contributed by atoms with van der Waals surface area (Å²) in [5, 5.41) is 10.3. The van der Waals surface area contributed by atoms with Crippen LogP contribution in [0.3, 0.4) is 0 Å². The summed E-state index contributed by atoms with van der Waals surface area (Å²) in [6.45, 7) is 1.98. The van der Waals surface area contributed by atoms with Crippen molar-refractivity contribution in [3.8, 4) is 5.75 Å². The van der Waals surface area contributed by atoms with Crippen LogP contribution >= 0.6 is 15.9 Å².